The first-order valence-electron chi connectivity index (χ1n) is 12.0. The molecule has 3 aromatic carbocycles. The van der Waals surface area contributed by atoms with Crippen molar-refractivity contribution >= 4 is 28.7 Å². The Labute approximate surface area is 217 Å². The number of carbonyl (C=O) groups is 2. The van der Waals surface area contributed by atoms with E-state index in [2.05, 4.69) is 0 Å². The molecule has 0 N–H and O–H groups in total. The first-order valence-corrected chi connectivity index (χ1v) is 12.0. The number of Topliss-reactive ketones (excluding diaryl/α,β-unsaturated/α-hetero) is 1. The van der Waals surface area contributed by atoms with Gasteiger partial charge in [0.15, 0.2) is 5.76 Å². The normalized spacial score (nSPS) is 17.1. The number of methoxy groups -OCH3 is 2. The fraction of sp³-hybridized carbons (Fsp3) is 0.167. The molecule has 0 radical (unpaired) electrons. The van der Waals surface area contributed by atoms with E-state index in [1.54, 1.807) is 57.7 Å². The second kappa shape index (κ2) is 8.92. The molecular weight excluding hydrogens is 486 g/mol. The molecule has 6 rings (SSSR count). The number of ketones is 1. The number of benzene rings is 3. The molecule has 0 saturated heterocycles. The van der Waals surface area contributed by atoms with Gasteiger partial charge in [-0.05, 0) is 47.9 Å². The molecule has 0 aliphatic carbocycles. The highest BCUT2D eigenvalue weighted by Crippen LogP contribution is 2.48. The molecule has 8 heteroatoms. The quantitative estimate of drug-likeness (QED) is 0.225. The van der Waals surface area contributed by atoms with E-state index in [0.29, 0.717) is 45.0 Å². The zero-order valence-corrected chi connectivity index (χ0v) is 20.9. The van der Waals surface area contributed by atoms with Gasteiger partial charge in [-0.15, -0.1) is 0 Å². The standard InChI is InChI=1S/C30H23NO7/c1-31-22-14-18(35-2)9-8-16(22)12-21(30(31)34)20-15-26(32)37-24-11-10-19-28(33)25(38-29(19)27(20)24)13-17-6-4-5-7-23(17)36-3/h4-14,20H,15H2,1-3H3/b25-13-. The highest BCUT2D eigenvalue weighted by atomic mass is 16.5. The average Bonchev–Trinajstić information content (AvgIpc) is 3.25. The highest BCUT2D eigenvalue weighted by molar-refractivity contribution is 6.15. The largest absolute Gasteiger partial charge is 0.497 e. The minimum absolute atomic E-state index is 0.0660. The molecule has 190 valence electrons. The van der Waals surface area contributed by atoms with Gasteiger partial charge in [0.05, 0.1) is 31.7 Å². The van der Waals surface area contributed by atoms with Crippen molar-refractivity contribution in [2.45, 2.75) is 12.3 Å². The maximum Gasteiger partial charge on any atom is 0.312 e. The van der Waals surface area contributed by atoms with Crippen LogP contribution in [0.5, 0.6) is 23.0 Å². The van der Waals surface area contributed by atoms with Gasteiger partial charge in [0, 0.05) is 35.7 Å². The van der Waals surface area contributed by atoms with Gasteiger partial charge in [-0.3, -0.25) is 14.4 Å². The van der Waals surface area contributed by atoms with Gasteiger partial charge in [-0.25, -0.2) is 0 Å². The van der Waals surface area contributed by atoms with Crippen molar-refractivity contribution in [2.75, 3.05) is 14.2 Å². The molecule has 1 aromatic heterocycles. The summed E-state index contributed by atoms with van der Waals surface area (Å²) in [6, 6.07) is 17.7. The van der Waals surface area contributed by atoms with E-state index in [0.717, 1.165) is 5.39 Å². The minimum atomic E-state index is -0.662. The van der Waals surface area contributed by atoms with Gasteiger partial charge in [0.25, 0.3) is 5.56 Å². The Balaban J connectivity index is 1.51. The SMILES string of the molecule is COc1ccc2cc(C3CC(=O)Oc4ccc5c(c43)O/C(=C\c3ccccc3OC)C5=O)c(=O)n(C)c2c1. The molecule has 1 unspecified atom stereocenters. The Hall–Kier alpha value is -4.85. The van der Waals surface area contributed by atoms with Crippen molar-refractivity contribution in [2.24, 2.45) is 7.05 Å². The summed E-state index contributed by atoms with van der Waals surface area (Å²) >= 11 is 0. The van der Waals surface area contributed by atoms with Crippen molar-refractivity contribution in [3.05, 3.63) is 99.0 Å². The summed E-state index contributed by atoms with van der Waals surface area (Å²) < 4.78 is 23.9. The van der Waals surface area contributed by atoms with Crippen LogP contribution in [-0.4, -0.2) is 30.5 Å². The third kappa shape index (κ3) is 3.64. The van der Waals surface area contributed by atoms with Gasteiger partial charge in [0.2, 0.25) is 5.78 Å². The number of aromatic nitrogens is 1. The molecule has 2 aliphatic rings. The zero-order valence-electron chi connectivity index (χ0n) is 20.9. The van der Waals surface area contributed by atoms with Crippen molar-refractivity contribution in [1.82, 2.24) is 4.57 Å². The highest BCUT2D eigenvalue weighted by Gasteiger charge is 2.39. The van der Waals surface area contributed by atoms with Crippen LogP contribution in [0.4, 0.5) is 0 Å². The van der Waals surface area contributed by atoms with Gasteiger partial charge in [-0.2, -0.15) is 0 Å². The van der Waals surface area contributed by atoms with E-state index in [4.69, 9.17) is 18.9 Å². The lowest BCUT2D eigenvalue weighted by molar-refractivity contribution is -0.135. The maximum absolute atomic E-state index is 13.6. The number of hydrogen-bond acceptors (Lipinski definition) is 7. The molecule has 4 aromatic rings. The lowest BCUT2D eigenvalue weighted by Crippen LogP contribution is -2.29. The summed E-state index contributed by atoms with van der Waals surface area (Å²) in [6.07, 6.45) is 1.56. The van der Waals surface area contributed by atoms with E-state index in [9.17, 15) is 14.4 Å². The van der Waals surface area contributed by atoms with Crippen LogP contribution in [0.25, 0.3) is 17.0 Å². The number of nitrogens with zero attached hydrogens (tertiary/aromatic N) is 1. The van der Waals surface area contributed by atoms with Crippen LogP contribution in [-0.2, 0) is 11.8 Å². The van der Waals surface area contributed by atoms with Gasteiger partial charge < -0.3 is 23.5 Å². The summed E-state index contributed by atoms with van der Waals surface area (Å²) in [6.45, 7) is 0. The Morgan fingerprint density at radius 1 is 0.947 bits per heavy atom. The van der Waals surface area contributed by atoms with Crippen LogP contribution in [0, 0.1) is 0 Å². The maximum atomic E-state index is 13.6. The van der Waals surface area contributed by atoms with Gasteiger partial charge >= 0.3 is 5.97 Å². The van der Waals surface area contributed by atoms with Crippen LogP contribution in [0.2, 0.25) is 0 Å². The minimum Gasteiger partial charge on any atom is -0.497 e. The van der Waals surface area contributed by atoms with Crippen molar-refractivity contribution in [3.63, 3.8) is 0 Å². The number of para-hydroxylation sites is 1. The van der Waals surface area contributed by atoms with E-state index < -0.39 is 11.9 Å². The van der Waals surface area contributed by atoms with Crippen molar-refractivity contribution in [3.8, 4) is 23.0 Å². The predicted molar refractivity (Wildman–Crippen MR) is 140 cm³/mol. The number of allylic oxidation sites excluding steroid dienone is 1. The van der Waals surface area contributed by atoms with Gasteiger partial charge in [0.1, 0.15) is 23.0 Å². The first kappa shape index (κ1) is 23.5. The van der Waals surface area contributed by atoms with Crippen LogP contribution in [0.1, 0.15) is 39.4 Å². The van der Waals surface area contributed by atoms with Crippen molar-refractivity contribution < 1.29 is 28.5 Å². The summed E-state index contributed by atoms with van der Waals surface area (Å²) in [5, 5.41) is 0.810. The number of carbonyl (C=O) groups excluding carboxylic acids is 2. The smallest absolute Gasteiger partial charge is 0.312 e. The number of rotatable bonds is 4. The van der Waals surface area contributed by atoms with Crippen LogP contribution < -0.4 is 24.5 Å². The lowest BCUT2D eigenvalue weighted by Gasteiger charge is -2.26. The second-order valence-corrected chi connectivity index (χ2v) is 9.16. The van der Waals surface area contributed by atoms with E-state index in [1.807, 2.05) is 30.3 Å². The molecule has 8 nitrogen and oxygen atoms in total. The molecule has 0 amide bonds. The molecule has 3 heterocycles. The fourth-order valence-corrected chi connectivity index (χ4v) is 5.14. The van der Waals surface area contributed by atoms with Crippen LogP contribution in [0.15, 0.2) is 71.2 Å². The first-order chi connectivity index (χ1) is 18.4. The fourth-order valence-electron chi connectivity index (χ4n) is 5.14. The van der Waals surface area contributed by atoms with E-state index >= 15 is 0 Å². The number of hydrogen-bond donors (Lipinski definition) is 0. The predicted octanol–water partition coefficient (Wildman–Crippen LogP) is 4.61. The van der Waals surface area contributed by atoms with Crippen LogP contribution in [0.3, 0.4) is 0 Å². The number of esters is 1. The Morgan fingerprint density at radius 2 is 1.76 bits per heavy atom. The van der Waals surface area contributed by atoms with Gasteiger partial charge in [-0.1, -0.05) is 18.2 Å². The molecule has 0 bridgehead atoms. The molecule has 2 aliphatic heterocycles. The molecule has 1 atom stereocenters. The summed E-state index contributed by atoms with van der Waals surface area (Å²) in [5.41, 5.74) is 2.38. The third-order valence-corrected chi connectivity index (χ3v) is 7.04. The molecule has 0 saturated carbocycles. The van der Waals surface area contributed by atoms with Crippen molar-refractivity contribution in [1.29, 1.82) is 0 Å². The number of pyridine rings is 1. The Morgan fingerprint density at radius 3 is 2.55 bits per heavy atom. The monoisotopic (exact) mass is 509 g/mol. The number of ether oxygens (including phenoxy) is 4. The average molecular weight is 510 g/mol. The second-order valence-electron chi connectivity index (χ2n) is 9.16. The number of aryl methyl sites for hydroxylation is 1. The summed E-state index contributed by atoms with van der Waals surface area (Å²) in [7, 11) is 4.80. The Bertz CT molecular complexity index is 1750. The zero-order chi connectivity index (χ0) is 26.6. The Kier molecular flexibility index (Phi) is 5.52. The molecular formula is C30H23NO7. The summed E-state index contributed by atoms with van der Waals surface area (Å²) in [4.78, 5) is 39.5. The topological polar surface area (TPSA) is 93.1 Å². The van der Waals surface area contributed by atoms with Crippen LogP contribution >= 0.6 is 0 Å². The summed E-state index contributed by atoms with van der Waals surface area (Å²) in [5.74, 6) is 0.479. The molecule has 38 heavy (non-hydrogen) atoms. The number of fused-ring (bicyclic) bond motifs is 4. The lowest BCUT2D eigenvalue weighted by atomic mass is 9.84. The van der Waals surface area contributed by atoms with E-state index in [1.165, 1.54) is 4.57 Å². The third-order valence-electron chi connectivity index (χ3n) is 7.04. The molecule has 0 fully saturated rings. The molecule has 0 spiro atoms. The van der Waals surface area contributed by atoms with E-state index in [-0.39, 0.29) is 29.3 Å².